The van der Waals surface area contributed by atoms with Crippen molar-refractivity contribution in [1.82, 2.24) is 0 Å². The smallest absolute Gasteiger partial charge is 0.258 e. The number of benzene rings is 1. The Kier molecular flexibility index (Phi) is 3.02. The fourth-order valence-corrected chi connectivity index (χ4v) is 1.17. The van der Waals surface area contributed by atoms with Gasteiger partial charge in [-0.25, -0.2) is 0 Å². The average molecular weight is 191 g/mol. The Hall–Kier alpha value is -1.64. The first kappa shape index (κ1) is 10.4. The summed E-state index contributed by atoms with van der Waals surface area (Å²) in [6.07, 6.45) is 0. The Labute approximate surface area is 83.2 Å². The second-order valence-electron chi connectivity index (χ2n) is 3.48. The molecule has 1 aromatic carbocycles. The van der Waals surface area contributed by atoms with E-state index in [9.17, 15) is 10.1 Å². The van der Waals surface area contributed by atoms with Gasteiger partial charge in [0, 0.05) is 0 Å². The molecule has 0 amide bonds. The van der Waals surface area contributed by atoms with Crippen molar-refractivity contribution in [2.75, 3.05) is 0 Å². The molecular weight excluding hydrogens is 178 g/mol. The van der Waals surface area contributed by atoms with Gasteiger partial charge in [0.2, 0.25) is 0 Å². The van der Waals surface area contributed by atoms with Crippen LogP contribution < -0.4 is 0 Å². The number of nitro groups is 1. The summed E-state index contributed by atoms with van der Waals surface area (Å²) in [6, 6.07) is 7.27. The molecule has 0 saturated carbocycles. The Morgan fingerprint density at radius 2 is 1.86 bits per heavy atom. The van der Waals surface area contributed by atoms with E-state index in [1.165, 1.54) is 5.56 Å². The molecule has 0 unspecified atom stereocenters. The van der Waals surface area contributed by atoms with Crippen LogP contribution in [-0.4, -0.2) is 4.92 Å². The van der Waals surface area contributed by atoms with Crippen LogP contribution in [0, 0.1) is 10.1 Å². The predicted octanol–water partition coefficient (Wildman–Crippen LogP) is 3.06. The first-order chi connectivity index (χ1) is 6.52. The number of nitrogens with zero attached hydrogens (tertiary/aromatic N) is 1. The lowest BCUT2D eigenvalue weighted by Crippen LogP contribution is -1.96. The summed E-state index contributed by atoms with van der Waals surface area (Å²) < 4.78 is 0. The molecule has 3 nitrogen and oxygen atoms in total. The Morgan fingerprint density at radius 3 is 2.21 bits per heavy atom. The summed E-state index contributed by atoms with van der Waals surface area (Å²) in [5.74, 6) is 0.438. The van der Waals surface area contributed by atoms with Crippen molar-refractivity contribution in [3.63, 3.8) is 0 Å². The number of rotatable bonds is 3. The molecule has 0 bridgehead atoms. The Bertz CT molecular complexity index is 352. The molecule has 74 valence electrons. The minimum atomic E-state index is -0.468. The maximum Gasteiger partial charge on any atom is 0.269 e. The van der Waals surface area contributed by atoms with Gasteiger partial charge in [-0.3, -0.25) is 10.1 Å². The highest BCUT2D eigenvalue weighted by Crippen LogP contribution is 2.18. The zero-order valence-corrected chi connectivity index (χ0v) is 8.36. The lowest BCUT2D eigenvalue weighted by molar-refractivity contribution is -0.375. The van der Waals surface area contributed by atoms with Gasteiger partial charge < -0.3 is 0 Å². The highest BCUT2D eigenvalue weighted by atomic mass is 16.6. The number of hydrogen-bond donors (Lipinski definition) is 0. The van der Waals surface area contributed by atoms with E-state index in [-0.39, 0.29) is 5.70 Å². The van der Waals surface area contributed by atoms with E-state index in [1.807, 2.05) is 12.1 Å². The fraction of sp³-hybridized carbons (Fsp3) is 0.273. The maximum absolute atomic E-state index is 10.4. The molecular formula is C11H13NO2. The molecule has 0 fully saturated rings. The van der Waals surface area contributed by atoms with Crippen LogP contribution in [-0.2, 0) is 0 Å². The summed E-state index contributed by atoms with van der Waals surface area (Å²) in [7, 11) is 0. The predicted molar refractivity (Wildman–Crippen MR) is 56.6 cm³/mol. The highest BCUT2D eigenvalue weighted by Gasteiger charge is 2.09. The molecule has 0 heterocycles. The summed E-state index contributed by atoms with van der Waals surface area (Å²) in [6.45, 7) is 7.56. The van der Waals surface area contributed by atoms with Crippen LogP contribution in [0.4, 0.5) is 0 Å². The van der Waals surface area contributed by atoms with Crippen molar-refractivity contribution in [1.29, 1.82) is 0 Å². The maximum atomic E-state index is 10.4. The van der Waals surface area contributed by atoms with Gasteiger partial charge in [-0.05, 0) is 30.2 Å². The highest BCUT2D eigenvalue weighted by molar-refractivity contribution is 5.56. The largest absolute Gasteiger partial charge is 0.269 e. The van der Waals surface area contributed by atoms with Crippen LogP contribution in [0.2, 0.25) is 0 Å². The van der Waals surface area contributed by atoms with Crippen LogP contribution in [0.3, 0.4) is 0 Å². The molecule has 14 heavy (non-hydrogen) atoms. The molecule has 0 radical (unpaired) electrons. The van der Waals surface area contributed by atoms with E-state index >= 15 is 0 Å². The van der Waals surface area contributed by atoms with Crippen molar-refractivity contribution in [2.45, 2.75) is 19.8 Å². The first-order valence-electron chi connectivity index (χ1n) is 4.46. The third-order valence-corrected chi connectivity index (χ3v) is 2.13. The molecule has 0 saturated heterocycles. The number of hydrogen-bond acceptors (Lipinski definition) is 2. The van der Waals surface area contributed by atoms with Crippen LogP contribution in [0.1, 0.15) is 30.9 Å². The lowest BCUT2D eigenvalue weighted by Gasteiger charge is -2.04. The minimum absolute atomic E-state index is 0.0553. The molecule has 1 aromatic rings. The quantitative estimate of drug-likeness (QED) is 0.544. The summed E-state index contributed by atoms with van der Waals surface area (Å²) >= 11 is 0. The van der Waals surface area contributed by atoms with E-state index in [1.54, 1.807) is 12.1 Å². The molecule has 0 N–H and O–H groups in total. The van der Waals surface area contributed by atoms with E-state index in [0.29, 0.717) is 11.5 Å². The van der Waals surface area contributed by atoms with E-state index < -0.39 is 4.92 Å². The van der Waals surface area contributed by atoms with Crippen LogP contribution in [0.5, 0.6) is 0 Å². The molecule has 0 spiro atoms. The van der Waals surface area contributed by atoms with Crippen molar-refractivity contribution in [2.24, 2.45) is 0 Å². The van der Waals surface area contributed by atoms with E-state index in [2.05, 4.69) is 20.4 Å². The molecule has 1 rings (SSSR count). The topological polar surface area (TPSA) is 43.1 Å². The second kappa shape index (κ2) is 4.05. The zero-order chi connectivity index (χ0) is 10.7. The summed E-state index contributed by atoms with van der Waals surface area (Å²) in [5.41, 5.74) is 1.68. The van der Waals surface area contributed by atoms with Gasteiger partial charge in [0.05, 0.1) is 10.5 Å². The molecule has 0 atom stereocenters. The summed E-state index contributed by atoms with van der Waals surface area (Å²) in [5, 5.41) is 10.4. The molecule has 0 aliphatic carbocycles. The van der Waals surface area contributed by atoms with Crippen molar-refractivity contribution in [3.8, 4) is 0 Å². The average Bonchev–Trinajstić information content (AvgIpc) is 2.16. The standard InChI is InChI=1S/C11H13NO2/c1-8(2)10-4-6-11(7-5-10)9(3)12(13)14/h4-8H,3H2,1-2H3. The van der Waals surface area contributed by atoms with Gasteiger partial charge in [-0.15, -0.1) is 0 Å². The van der Waals surface area contributed by atoms with Gasteiger partial charge in [0.25, 0.3) is 5.70 Å². The van der Waals surface area contributed by atoms with Gasteiger partial charge in [-0.2, -0.15) is 0 Å². The molecule has 0 aliphatic rings. The molecule has 3 heteroatoms. The molecule has 0 aliphatic heterocycles. The zero-order valence-electron chi connectivity index (χ0n) is 8.36. The van der Waals surface area contributed by atoms with Crippen LogP contribution in [0.25, 0.3) is 5.70 Å². The Morgan fingerprint density at radius 1 is 1.36 bits per heavy atom. The third kappa shape index (κ3) is 2.19. The monoisotopic (exact) mass is 191 g/mol. The van der Waals surface area contributed by atoms with Gasteiger partial charge in [0.1, 0.15) is 0 Å². The van der Waals surface area contributed by atoms with Crippen LogP contribution >= 0.6 is 0 Å². The van der Waals surface area contributed by atoms with Gasteiger partial charge in [0.15, 0.2) is 0 Å². The molecule has 0 aromatic heterocycles. The summed E-state index contributed by atoms with van der Waals surface area (Å²) in [4.78, 5) is 9.96. The van der Waals surface area contributed by atoms with E-state index in [0.717, 1.165) is 0 Å². The second-order valence-corrected chi connectivity index (χ2v) is 3.48. The van der Waals surface area contributed by atoms with E-state index in [4.69, 9.17) is 0 Å². The minimum Gasteiger partial charge on any atom is -0.258 e. The van der Waals surface area contributed by atoms with Crippen molar-refractivity contribution >= 4 is 5.70 Å². The van der Waals surface area contributed by atoms with Gasteiger partial charge >= 0.3 is 0 Å². The van der Waals surface area contributed by atoms with Gasteiger partial charge in [-0.1, -0.05) is 26.0 Å². The van der Waals surface area contributed by atoms with Crippen molar-refractivity contribution in [3.05, 3.63) is 52.1 Å². The normalized spacial score (nSPS) is 10.2. The lowest BCUT2D eigenvalue weighted by atomic mass is 10.0. The van der Waals surface area contributed by atoms with Crippen LogP contribution in [0.15, 0.2) is 30.8 Å². The fourth-order valence-electron chi connectivity index (χ4n) is 1.17. The first-order valence-corrected chi connectivity index (χ1v) is 4.46. The SMILES string of the molecule is C=C(c1ccc(C(C)C)cc1)[N+](=O)[O-]. The Balaban J connectivity index is 2.94. The van der Waals surface area contributed by atoms with Crippen molar-refractivity contribution < 1.29 is 4.92 Å². The third-order valence-electron chi connectivity index (χ3n) is 2.13.